The number of carbonyl (C=O) groups excluding carboxylic acids is 1. The zero-order valence-electron chi connectivity index (χ0n) is 12.7. The van der Waals surface area contributed by atoms with Crippen molar-refractivity contribution < 1.29 is 13.6 Å². The van der Waals surface area contributed by atoms with E-state index in [4.69, 9.17) is 8.83 Å². The molecule has 0 bridgehead atoms. The molecule has 2 aromatic carbocycles. The van der Waals surface area contributed by atoms with Gasteiger partial charge in [-0.05, 0) is 24.3 Å². The molecule has 0 aliphatic rings. The summed E-state index contributed by atoms with van der Waals surface area (Å²) in [6, 6.07) is 16.8. The van der Waals surface area contributed by atoms with E-state index < -0.39 is 0 Å². The van der Waals surface area contributed by atoms with Gasteiger partial charge in [-0.25, -0.2) is 4.98 Å². The van der Waals surface area contributed by atoms with Gasteiger partial charge >= 0.3 is 0 Å². The van der Waals surface area contributed by atoms with Crippen molar-refractivity contribution in [1.82, 2.24) is 10.3 Å². The Balaban J connectivity index is 1.51. The lowest BCUT2D eigenvalue weighted by atomic mass is 10.1. The van der Waals surface area contributed by atoms with Crippen LogP contribution < -0.4 is 5.32 Å². The molecule has 0 aliphatic carbocycles. The molecule has 0 radical (unpaired) electrons. The maximum Gasteiger partial charge on any atom is 0.251 e. The molecule has 0 saturated carbocycles. The summed E-state index contributed by atoms with van der Waals surface area (Å²) >= 11 is 0. The average Bonchev–Trinajstić information content (AvgIpc) is 3.28. The summed E-state index contributed by atoms with van der Waals surface area (Å²) in [5.74, 6) is 0.501. The largest absolute Gasteiger partial charge is 0.464 e. The average molecular weight is 318 g/mol. The molecule has 5 nitrogen and oxygen atoms in total. The van der Waals surface area contributed by atoms with E-state index in [-0.39, 0.29) is 5.91 Å². The van der Waals surface area contributed by atoms with E-state index in [9.17, 15) is 4.79 Å². The maximum absolute atomic E-state index is 12.4. The third-order valence-electron chi connectivity index (χ3n) is 3.81. The quantitative estimate of drug-likeness (QED) is 0.617. The number of aromatic nitrogens is 1. The van der Waals surface area contributed by atoms with Crippen LogP contribution in [-0.2, 0) is 6.54 Å². The van der Waals surface area contributed by atoms with Gasteiger partial charge in [0.2, 0.25) is 0 Å². The predicted octanol–water partition coefficient (Wildman–Crippen LogP) is 4.02. The highest BCUT2D eigenvalue weighted by atomic mass is 16.3. The summed E-state index contributed by atoms with van der Waals surface area (Å²) < 4.78 is 10.7. The van der Waals surface area contributed by atoms with Crippen molar-refractivity contribution in [3.05, 3.63) is 78.5 Å². The van der Waals surface area contributed by atoms with Gasteiger partial charge in [-0.1, -0.05) is 30.3 Å². The van der Waals surface area contributed by atoms with Crippen LogP contribution in [0.2, 0.25) is 0 Å². The third-order valence-corrected chi connectivity index (χ3v) is 3.81. The molecule has 1 amide bonds. The van der Waals surface area contributed by atoms with Crippen molar-refractivity contribution in [2.75, 3.05) is 0 Å². The lowest BCUT2D eigenvalue weighted by molar-refractivity contribution is 0.0950. The Hall–Kier alpha value is -3.34. The van der Waals surface area contributed by atoms with Gasteiger partial charge < -0.3 is 14.2 Å². The summed E-state index contributed by atoms with van der Waals surface area (Å²) in [6.45, 7) is 0.295. The molecule has 0 fully saturated rings. The third kappa shape index (κ3) is 2.67. The minimum absolute atomic E-state index is 0.167. The van der Waals surface area contributed by atoms with Crippen LogP contribution in [-0.4, -0.2) is 10.9 Å². The van der Waals surface area contributed by atoms with E-state index in [1.807, 2.05) is 36.4 Å². The Kier molecular flexibility index (Phi) is 3.59. The van der Waals surface area contributed by atoms with Gasteiger partial charge in [-0.15, -0.1) is 0 Å². The molecular weight excluding hydrogens is 304 g/mol. The first-order chi connectivity index (χ1) is 11.8. The molecule has 1 N–H and O–H groups in total. The van der Waals surface area contributed by atoms with Crippen LogP contribution in [0, 0.1) is 0 Å². The van der Waals surface area contributed by atoms with Crippen molar-refractivity contribution in [3.8, 4) is 11.3 Å². The van der Waals surface area contributed by atoms with Crippen molar-refractivity contribution >= 4 is 16.9 Å². The highest BCUT2D eigenvalue weighted by molar-refractivity contribution is 5.97. The molecule has 5 heteroatoms. The van der Waals surface area contributed by atoms with Crippen LogP contribution in [0.15, 0.2) is 76.1 Å². The number of hydrogen-bond acceptors (Lipinski definition) is 4. The zero-order chi connectivity index (χ0) is 16.4. The van der Waals surface area contributed by atoms with E-state index in [0.717, 1.165) is 16.5 Å². The first-order valence-corrected chi connectivity index (χ1v) is 7.54. The summed E-state index contributed by atoms with van der Waals surface area (Å²) in [6.07, 6.45) is 3.00. The maximum atomic E-state index is 12.4. The van der Waals surface area contributed by atoms with E-state index in [1.54, 1.807) is 24.5 Å². The van der Waals surface area contributed by atoms with Crippen LogP contribution in [0.25, 0.3) is 22.3 Å². The fourth-order valence-corrected chi connectivity index (χ4v) is 2.59. The SMILES string of the molecule is O=C(NCc1ncoc1-c1ccccc1)c1ccc2occc2c1. The Morgan fingerprint density at radius 1 is 1.04 bits per heavy atom. The molecule has 0 atom stereocenters. The number of oxazole rings is 1. The van der Waals surface area contributed by atoms with E-state index in [2.05, 4.69) is 10.3 Å². The molecule has 24 heavy (non-hydrogen) atoms. The van der Waals surface area contributed by atoms with Crippen molar-refractivity contribution in [2.24, 2.45) is 0 Å². The highest BCUT2D eigenvalue weighted by Gasteiger charge is 2.13. The molecule has 0 spiro atoms. The van der Waals surface area contributed by atoms with Gasteiger partial charge in [0.15, 0.2) is 12.2 Å². The van der Waals surface area contributed by atoms with Gasteiger partial charge in [0.1, 0.15) is 11.3 Å². The van der Waals surface area contributed by atoms with Crippen molar-refractivity contribution in [3.63, 3.8) is 0 Å². The molecular formula is C19H14N2O3. The second kappa shape index (κ2) is 6.04. The number of furan rings is 1. The number of rotatable bonds is 4. The second-order valence-corrected chi connectivity index (χ2v) is 5.35. The first kappa shape index (κ1) is 14.3. The Labute approximate surface area is 137 Å². The van der Waals surface area contributed by atoms with E-state index >= 15 is 0 Å². The second-order valence-electron chi connectivity index (χ2n) is 5.35. The van der Waals surface area contributed by atoms with Gasteiger partial charge in [-0.3, -0.25) is 4.79 Å². The standard InChI is InChI=1S/C19H14N2O3/c22-19(15-6-7-17-14(10-15)8-9-23-17)20-11-16-18(24-12-21-16)13-4-2-1-3-5-13/h1-10,12H,11H2,(H,20,22). The summed E-state index contributed by atoms with van der Waals surface area (Å²) in [5, 5.41) is 3.77. The number of nitrogens with one attached hydrogen (secondary N) is 1. The normalized spacial score (nSPS) is 10.8. The Morgan fingerprint density at radius 3 is 2.79 bits per heavy atom. The van der Waals surface area contributed by atoms with Gasteiger partial charge in [0.25, 0.3) is 5.91 Å². The number of nitrogens with zero attached hydrogens (tertiary/aromatic N) is 1. The number of benzene rings is 2. The van der Waals surface area contributed by atoms with Gasteiger partial charge in [0.05, 0.1) is 12.8 Å². The van der Waals surface area contributed by atoms with Crippen LogP contribution >= 0.6 is 0 Å². The van der Waals surface area contributed by atoms with Crippen LogP contribution in [0.5, 0.6) is 0 Å². The highest BCUT2D eigenvalue weighted by Crippen LogP contribution is 2.22. The topological polar surface area (TPSA) is 68.3 Å². The molecule has 2 heterocycles. The summed E-state index contributed by atoms with van der Waals surface area (Å²) in [5.41, 5.74) is 2.96. The minimum atomic E-state index is -0.167. The lowest BCUT2D eigenvalue weighted by Crippen LogP contribution is -2.23. The fraction of sp³-hybridized carbons (Fsp3) is 0.0526. The number of amides is 1. The summed E-state index contributed by atoms with van der Waals surface area (Å²) in [7, 11) is 0. The monoisotopic (exact) mass is 318 g/mol. The zero-order valence-corrected chi connectivity index (χ0v) is 12.7. The molecule has 2 aromatic heterocycles. The molecule has 0 saturated heterocycles. The van der Waals surface area contributed by atoms with Crippen LogP contribution in [0.1, 0.15) is 16.1 Å². The van der Waals surface area contributed by atoms with Crippen LogP contribution in [0.4, 0.5) is 0 Å². The van der Waals surface area contributed by atoms with Gasteiger partial charge in [0, 0.05) is 16.5 Å². The minimum Gasteiger partial charge on any atom is -0.464 e. The van der Waals surface area contributed by atoms with Crippen molar-refractivity contribution in [1.29, 1.82) is 0 Å². The first-order valence-electron chi connectivity index (χ1n) is 7.54. The van der Waals surface area contributed by atoms with E-state index in [1.165, 1.54) is 6.39 Å². The number of carbonyl (C=O) groups is 1. The number of hydrogen-bond donors (Lipinski definition) is 1. The van der Waals surface area contributed by atoms with Crippen LogP contribution in [0.3, 0.4) is 0 Å². The molecule has 0 aliphatic heterocycles. The molecule has 4 rings (SSSR count). The molecule has 4 aromatic rings. The smallest absolute Gasteiger partial charge is 0.251 e. The fourth-order valence-electron chi connectivity index (χ4n) is 2.59. The molecule has 118 valence electrons. The predicted molar refractivity (Wildman–Crippen MR) is 89.3 cm³/mol. The lowest BCUT2D eigenvalue weighted by Gasteiger charge is -2.05. The number of fused-ring (bicyclic) bond motifs is 1. The summed E-state index contributed by atoms with van der Waals surface area (Å²) in [4.78, 5) is 16.6. The Bertz CT molecular complexity index is 986. The van der Waals surface area contributed by atoms with Crippen molar-refractivity contribution in [2.45, 2.75) is 6.54 Å². The Morgan fingerprint density at radius 2 is 1.92 bits per heavy atom. The van der Waals surface area contributed by atoms with Gasteiger partial charge in [-0.2, -0.15) is 0 Å². The van der Waals surface area contributed by atoms with E-state index in [0.29, 0.717) is 23.6 Å². The molecule has 0 unspecified atom stereocenters.